The van der Waals surface area contributed by atoms with Gasteiger partial charge in [0.1, 0.15) is 0 Å². The van der Waals surface area contributed by atoms with Gasteiger partial charge in [-0.05, 0) is 66.9 Å². The molecule has 0 spiro atoms. The first-order chi connectivity index (χ1) is 8.80. The molecule has 4 saturated carbocycles. The largest absolute Gasteiger partial charge is 0.423 e. The SMILES string of the molecule is [N-]=[N+]=NC(O)(C(F)(F)F)C12CC3CC(CC(C3)C1)C2. The van der Waals surface area contributed by atoms with Crippen LogP contribution in [0.4, 0.5) is 13.2 Å². The van der Waals surface area contributed by atoms with E-state index >= 15 is 0 Å². The van der Waals surface area contributed by atoms with Crippen LogP contribution in [-0.2, 0) is 0 Å². The highest BCUT2D eigenvalue weighted by atomic mass is 19.4. The Morgan fingerprint density at radius 3 is 1.79 bits per heavy atom. The van der Waals surface area contributed by atoms with E-state index in [1.807, 2.05) is 0 Å². The van der Waals surface area contributed by atoms with Gasteiger partial charge < -0.3 is 5.11 Å². The van der Waals surface area contributed by atoms with Crippen molar-refractivity contribution < 1.29 is 18.3 Å². The topological polar surface area (TPSA) is 69.0 Å². The summed E-state index contributed by atoms with van der Waals surface area (Å²) in [4.78, 5) is 2.29. The Labute approximate surface area is 108 Å². The molecular formula is C12H16F3N3O. The van der Waals surface area contributed by atoms with Crippen LogP contribution >= 0.6 is 0 Å². The number of aliphatic hydroxyl groups is 1. The van der Waals surface area contributed by atoms with Crippen LogP contribution in [0.1, 0.15) is 38.5 Å². The van der Waals surface area contributed by atoms with E-state index in [0.717, 1.165) is 19.3 Å². The van der Waals surface area contributed by atoms with E-state index in [0.29, 0.717) is 19.3 Å². The van der Waals surface area contributed by atoms with Gasteiger partial charge in [-0.25, -0.2) is 0 Å². The van der Waals surface area contributed by atoms with Crippen molar-refractivity contribution in [2.45, 2.75) is 50.4 Å². The van der Waals surface area contributed by atoms with Gasteiger partial charge in [-0.2, -0.15) is 13.2 Å². The molecule has 4 aliphatic rings. The Hall–Kier alpha value is -0.940. The summed E-state index contributed by atoms with van der Waals surface area (Å²) in [6.45, 7) is 0. The summed E-state index contributed by atoms with van der Waals surface area (Å²) >= 11 is 0. The van der Waals surface area contributed by atoms with Crippen LogP contribution in [0, 0.1) is 23.2 Å². The fourth-order valence-corrected chi connectivity index (χ4v) is 5.07. The zero-order chi connectivity index (χ0) is 13.9. The summed E-state index contributed by atoms with van der Waals surface area (Å²) in [7, 11) is 0. The van der Waals surface area contributed by atoms with Gasteiger partial charge in [0, 0.05) is 10.3 Å². The van der Waals surface area contributed by atoms with Gasteiger partial charge in [0.15, 0.2) is 0 Å². The van der Waals surface area contributed by atoms with Gasteiger partial charge >= 0.3 is 6.18 Å². The molecule has 1 atom stereocenters. The summed E-state index contributed by atoms with van der Waals surface area (Å²) < 4.78 is 39.9. The number of hydrogen-bond donors (Lipinski definition) is 1. The Bertz CT molecular complexity index is 409. The first-order valence-electron chi connectivity index (χ1n) is 6.65. The predicted octanol–water partition coefficient (Wildman–Crippen LogP) is 3.76. The molecule has 0 aromatic carbocycles. The summed E-state index contributed by atoms with van der Waals surface area (Å²) in [5.74, 6) is 0.733. The van der Waals surface area contributed by atoms with Crippen LogP contribution in [0.15, 0.2) is 5.11 Å². The van der Waals surface area contributed by atoms with Crippen molar-refractivity contribution in [3.63, 3.8) is 0 Å². The molecule has 4 rings (SSSR count). The normalized spacial score (nSPS) is 43.7. The number of nitrogens with zero attached hydrogens (tertiary/aromatic N) is 3. The molecule has 0 aromatic rings. The minimum Gasteiger partial charge on any atom is -0.376 e. The van der Waals surface area contributed by atoms with Gasteiger partial charge in [0.2, 0.25) is 5.72 Å². The van der Waals surface area contributed by atoms with E-state index in [-0.39, 0.29) is 17.8 Å². The molecule has 0 saturated heterocycles. The highest BCUT2D eigenvalue weighted by Crippen LogP contribution is 2.66. The third-order valence-corrected chi connectivity index (χ3v) is 5.36. The summed E-state index contributed by atoms with van der Waals surface area (Å²) in [5, 5.41) is 13.0. The van der Waals surface area contributed by atoms with Crippen LogP contribution in [0.5, 0.6) is 0 Å². The third kappa shape index (κ3) is 1.68. The van der Waals surface area contributed by atoms with Crippen LogP contribution < -0.4 is 0 Å². The van der Waals surface area contributed by atoms with E-state index < -0.39 is 17.3 Å². The van der Waals surface area contributed by atoms with Crippen molar-refractivity contribution in [2.24, 2.45) is 28.3 Å². The summed E-state index contributed by atoms with van der Waals surface area (Å²) in [6.07, 6.45) is -1.04. The fraction of sp³-hybridized carbons (Fsp3) is 1.00. The monoisotopic (exact) mass is 275 g/mol. The standard InChI is InChI=1S/C12H16F3N3O/c13-12(14,15)11(19,17-18-16)10-4-7-1-8(5-10)3-9(2-7)6-10/h7-9,19H,1-6H2. The van der Waals surface area contributed by atoms with Crippen molar-refractivity contribution in [3.05, 3.63) is 10.4 Å². The zero-order valence-corrected chi connectivity index (χ0v) is 10.4. The van der Waals surface area contributed by atoms with Crippen LogP contribution in [0.25, 0.3) is 10.4 Å². The number of alkyl halides is 3. The molecular weight excluding hydrogens is 259 g/mol. The minimum absolute atomic E-state index is 0.244. The lowest BCUT2D eigenvalue weighted by molar-refractivity contribution is -0.323. The molecule has 1 N–H and O–H groups in total. The Kier molecular flexibility index (Phi) is 2.61. The van der Waals surface area contributed by atoms with Crippen molar-refractivity contribution in [1.82, 2.24) is 0 Å². The van der Waals surface area contributed by atoms with Crippen molar-refractivity contribution in [2.75, 3.05) is 0 Å². The lowest BCUT2D eigenvalue weighted by Crippen LogP contribution is -2.63. The summed E-state index contributed by atoms with van der Waals surface area (Å²) in [6, 6.07) is 0. The maximum Gasteiger partial charge on any atom is 0.423 e. The second-order valence-corrected chi connectivity index (χ2v) is 6.56. The van der Waals surface area contributed by atoms with Gasteiger partial charge in [0.25, 0.3) is 0 Å². The third-order valence-electron chi connectivity index (χ3n) is 5.36. The number of azide groups is 1. The molecule has 0 heterocycles. The number of halogens is 3. The molecule has 4 aliphatic carbocycles. The molecule has 4 nitrogen and oxygen atoms in total. The molecule has 19 heavy (non-hydrogen) atoms. The molecule has 7 heteroatoms. The maximum absolute atomic E-state index is 13.3. The van der Waals surface area contributed by atoms with E-state index in [2.05, 4.69) is 10.0 Å². The van der Waals surface area contributed by atoms with E-state index in [1.54, 1.807) is 0 Å². The first kappa shape index (κ1) is 13.1. The highest BCUT2D eigenvalue weighted by molar-refractivity contribution is 5.11. The molecule has 0 radical (unpaired) electrons. The highest BCUT2D eigenvalue weighted by Gasteiger charge is 2.70. The summed E-state index contributed by atoms with van der Waals surface area (Å²) in [5.41, 5.74) is 3.92. The average Bonchev–Trinajstić information content (AvgIpc) is 2.25. The smallest absolute Gasteiger partial charge is 0.376 e. The lowest BCUT2D eigenvalue weighted by atomic mass is 9.46. The lowest BCUT2D eigenvalue weighted by Gasteiger charge is -2.60. The zero-order valence-electron chi connectivity index (χ0n) is 10.4. The van der Waals surface area contributed by atoms with E-state index in [1.165, 1.54) is 0 Å². The Morgan fingerprint density at radius 2 is 1.47 bits per heavy atom. The predicted molar refractivity (Wildman–Crippen MR) is 60.8 cm³/mol. The first-order valence-corrected chi connectivity index (χ1v) is 6.65. The molecule has 0 amide bonds. The molecule has 0 aromatic heterocycles. The van der Waals surface area contributed by atoms with E-state index in [9.17, 15) is 18.3 Å². The van der Waals surface area contributed by atoms with Crippen LogP contribution in [-0.4, -0.2) is 17.0 Å². The van der Waals surface area contributed by atoms with Crippen molar-refractivity contribution in [1.29, 1.82) is 0 Å². The number of hydrogen-bond acceptors (Lipinski definition) is 2. The molecule has 106 valence electrons. The van der Waals surface area contributed by atoms with E-state index in [4.69, 9.17) is 5.53 Å². The Morgan fingerprint density at radius 1 is 1.05 bits per heavy atom. The second-order valence-electron chi connectivity index (χ2n) is 6.56. The van der Waals surface area contributed by atoms with Crippen molar-refractivity contribution >= 4 is 0 Å². The minimum atomic E-state index is -4.91. The van der Waals surface area contributed by atoms with Crippen molar-refractivity contribution in [3.8, 4) is 0 Å². The van der Waals surface area contributed by atoms with Gasteiger partial charge in [-0.1, -0.05) is 0 Å². The van der Waals surface area contributed by atoms with Crippen LogP contribution in [0.2, 0.25) is 0 Å². The fourth-order valence-electron chi connectivity index (χ4n) is 5.07. The Balaban J connectivity index is 2.05. The molecule has 4 bridgehead atoms. The quantitative estimate of drug-likeness (QED) is 0.465. The number of rotatable bonds is 2. The average molecular weight is 275 g/mol. The maximum atomic E-state index is 13.3. The second kappa shape index (κ2) is 3.79. The van der Waals surface area contributed by atoms with Gasteiger partial charge in [-0.3, -0.25) is 0 Å². The van der Waals surface area contributed by atoms with Crippen LogP contribution in [0.3, 0.4) is 0 Å². The van der Waals surface area contributed by atoms with Gasteiger partial charge in [0.05, 0.1) is 0 Å². The van der Waals surface area contributed by atoms with Gasteiger partial charge in [-0.15, -0.1) is 0 Å². The molecule has 4 fully saturated rings. The molecule has 0 aliphatic heterocycles. The molecule has 1 unspecified atom stereocenters.